The zero-order chi connectivity index (χ0) is 16.5. The molecular formula is C12H14N4O6. The lowest BCUT2D eigenvalue weighted by Gasteiger charge is -2.00. The largest absolute Gasteiger partial charge is 0.479 e. The van der Waals surface area contributed by atoms with E-state index in [4.69, 9.17) is 15.3 Å². The van der Waals surface area contributed by atoms with Gasteiger partial charge in [-0.05, 0) is 0 Å². The summed E-state index contributed by atoms with van der Waals surface area (Å²) in [6.45, 7) is 0. The van der Waals surface area contributed by atoms with Gasteiger partial charge in [-0.25, -0.2) is 19.6 Å². The molecule has 118 valence electrons. The molecule has 1 unspecified atom stereocenters. The molecule has 0 amide bonds. The summed E-state index contributed by atoms with van der Waals surface area (Å²) in [5.74, 6) is -3.48. The second-order valence-electron chi connectivity index (χ2n) is 4.12. The summed E-state index contributed by atoms with van der Waals surface area (Å²) < 4.78 is 0. The number of aliphatic carboxylic acids is 2. The van der Waals surface area contributed by atoms with Crippen LogP contribution in [0.2, 0.25) is 0 Å². The molecular weight excluding hydrogens is 296 g/mol. The van der Waals surface area contributed by atoms with Gasteiger partial charge >= 0.3 is 11.9 Å². The zero-order valence-electron chi connectivity index (χ0n) is 11.3. The number of hydrogen-bond donors (Lipinski definition) is 5. The van der Waals surface area contributed by atoms with E-state index in [1.807, 2.05) is 0 Å². The molecule has 0 saturated carbocycles. The minimum atomic E-state index is -1.42. The number of aromatic nitrogens is 4. The number of imidazole rings is 2. The summed E-state index contributed by atoms with van der Waals surface area (Å²) >= 11 is 0. The SMILES string of the molecule is O=C(O)C(=O)Cc1cnc[nH]1.O=C(O)C(O)Cc1cnc[nH]1. The van der Waals surface area contributed by atoms with Crippen LogP contribution in [0.4, 0.5) is 0 Å². The van der Waals surface area contributed by atoms with Gasteiger partial charge in [0.2, 0.25) is 5.78 Å². The van der Waals surface area contributed by atoms with Gasteiger partial charge in [-0.2, -0.15) is 0 Å². The van der Waals surface area contributed by atoms with E-state index in [9.17, 15) is 14.4 Å². The lowest BCUT2D eigenvalue weighted by Crippen LogP contribution is -2.22. The van der Waals surface area contributed by atoms with Crippen molar-refractivity contribution in [2.24, 2.45) is 0 Å². The maximum Gasteiger partial charge on any atom is 0.372 e. The standard InChI is InChI=1S/C6H8N2O3.C6H6N2O3/c2*9-5(6(10)11)1-4-2-7-3-8-4/h2-3,5,9H,1H2,(H,7,8)(H,10,11);2-3H,1H2,(H,7,8)(H,10,11). The average Bonchev–Trinajstić information content (AvgIpc) is 3.12. The molecule has 2 aromatic heterocycles. The maximum atomic E-state index is 10.6. The van der Waals surface area contributed by atoms with Crippen molar-refractivity contribution in [1.29, 1.82) is 0 Å². The minimum Gasteiger partial charge on any atom is -0.479 e. The molecule has 0 fully saturated rings. The van der Waals surface area contributed by atoms with E-state index in [1.54, 1.807) is 0 Å². The quantitative estimate of drug-likeness (QED) is 0.423. The Labute approximate surface area is 123 Å². The molecule has 1 atom stereocenters. The van der Waals surface area contributed by atoms with E-state index >= 15 is 0 Å². The molecule has 0 radical (unpaired) electrons. The number of Topliss-reactive ketones (excluding diaryl/α,β-unsaturated/α-hetero) is 1. The average molecular weight is 310 g/mol. The maximum absolute atomic E-state index is 10.6. The van der Waals surface area contributed by atoms with Gasteiger partial charge in [0, 0.05) is 30.2 Å². The molecule has 10 heteroatoms. The van der Waals surface area contributed by atoms with Gasteiger partial charge in [-0.1, -0.05) is 0 Å². The molecule has 2 heterocycles. The molecule has 0 aliphatic carbocycles. The van der Waals surface area contributed by atoms with E-state index in [1.165, 1.54) is 25.0 Å². The Kier molecular flexibility index (Phi) is 6.44. The first-order valence-electron chi connectivity index (χ1n) is 6.01. The first-order chi connectivity index (χ1) is 10.4. The number of aromatic amines is 2. The molecule has 5 N–H and O–H groups in total. The van der Waals surface area contributed by atoms with Gasteiger partial charge in [-0.3, -0.25) is 4.79 Å². The monoisotopic (exact) mass is 310 g/mol. The number of carbonyl (C=O) groups is 3. The second-order valence-corrected chi connectivity index (χ2v) is 4.12. The third-order valence-corrected chi connectivity index (χ3v) is 2.40. The molecule has 10 nitrogen and oxygen atoms in total. The fraction of sp³-hybridized carbons (Fsp3) is 0.250. The van der Waals surface area contributed by atoms with E-state index in [-0.39, 0.29) is 12.8 Å². The highest BCUT2D eigenvalue weighted by Gasteiger charge is 2.13. The zero-order valence-corrected chi connectivity index (χ0v) is 11.3. The molecule has 2 rings (SSSR count). The Morgan fingerprint density at radius 2 is 1.59 bits per heavy atom. The fourth-order valence-electron chi connectivity index (χ4n) is 1.32. The topological polar surface area (TPSA) is 169 Å². The Morgan fingerprint density at radius 1 is 1.05 bits per heavy atom. The summed E-state index contributed by atoms with van der Waals surface area (Å²) in [6, 6.07) is 0. The summed E-state index contributed by atoms with van der Waals surface area (Å²) in [4.78, 5) is 43.4. The van der Waals surface area contributed by atoms with Crippen molar-refractivity contribution in [3.8, 4) is 0 Å². The van der Waals surface area contributed by atoms with Crippen molar-refractivity contribution in [1.82, 2.24) is 19.9 Å². The molecule has 0 spiro atoms. The summed E-state index contributed by atoms with van der Waals surface area (Å²) in [5.41, 5.74) is 1.12. The van der Waals surface area contributed by atoms with Crippen LogP contribution < -0.4 is 0 Å². The fourth-order valence-corrected chi connectivity index (χ4v) is 1.32. The summed E-state index contributed by atoms with van der Waals surface area (Å²) in [7, 11) is 0. The van der Waals surface area contributed by atoms with Gasteiger partial charge in [0.05, 0.1) is 19.1 Å². The highest BCUT2D eigenvalue weighted by molar-refractivity contribution is 6.33. The number of aliphatic hydroxyl groups is 1. The Hall–Kier alpha value is -3.01. The number of nitrogens with one attached hydrogen (secondary N) is 2. The first-order valence-corrected chi connectivity index (χ1v) is 6.01. The predicted octanol–water partition coefficient (Wildman–Crippen LogP) is -0.996. The van der Waals surface area contributed by atoms with Crippen LogP contribution in [0.25, 0.3) is 0 Å². The lowest BCUT2D eigenvalue weighted by molar-refractivity contribution is -0.148. The number of aliphatic hydroxyl groups excluding tert-OH is 1. The summed E-state index contributed by atoms with van der Waals surface area (Å²) in [6.07, 6.45) is 4.31. The third-order valence-electron chi connectivity index (χ3n) is 2.40. The van der Waals surface area contributed by atoms with Crippen molar-refractivity contribution in [2.75, 3.05) is 0 Å². The molecule has 0 saturated heterocycles. The first kappa shape index (κ1) is 17.0. The lowest BCUT2D eigenvalue weighted by atomic mass is 10.2. The predicted molar refractivity (Wildman–Crippen MR) is 70.9 cm³/mol. The molecule has 0 aliphatic rings. The minimum absolute atomic E-state index is 0.0648. The molecule has 2 aromatic rings. The van der Waals surface area contributed by atoms with Crippen LogP contribution in [0.5, 0.6) is 0 Å². The van der Waals surface area contributed by atoms with Gasteiger partial charge in [0.15, 0.2) is 6.10 Å². The molecule has 0 aromatic carbocycles. The highest BCUT2D eigenvalue weighted by Crippen LogP contribution is 1.97. The number of hydrogen-bond acceptors (Lipinski definition) is 6. The molecule has 0 aliphatic heterocycles. The van der Waals surface area contributed by atoms with Gasteiger partial charge < -0.3 is 25.3 Å². The smallest absolute Gasteiger partial charge is 0.372 e. The third kappa shape index (κ3) is 5.96. The Morgan fingerprint density at radius 3 is 2.00 bits per heavy atom. The highest BCUT2D eigenvalue weighted by atomic mass is 16.4. The van der Waals surface area contributed by atoms with Crippen molar-refractivity contribution >= 4 is 17.7 Å². The number of carboxylic acids is 2. The number of rotatable bonds is 6. The number of H-pyrrole nitrogens is 2. The number of carbonyl (C=O) groups excluding carboxylic acids is 1. The van der Waals surface area contributed by atoms with Crippen molar-refractivity contribution in [3.63, 3.8) is 0 Å². The van der Waals surface area contributed by atoms with E-state index in [0.29, 0.717) is 11.4 Å². The van der Waals surface area contributed by atoms with Gasteiger partial charge in [-0.15, -0.1) is 0 Å². The number of carboxylic acid groups (broad SMARTS) is 2. The molecule has 22 heavy (non-hydrogen) atoms. The number of nitrogens with zero attached hydrogens (tertiary/aromatic N) is 2. The van der Waals surface area contributed by atoms with Crippen LogP contribution in [0.3, 0.4) is 0 Å². The van der Waals surface area contributed by atoms with Crippen molar-refractivity contribution in [3.05, 3.63) is 36.4 Å². The normalized spacial score (nSPS) is 11.1. The van der Waals surface area contributed by atoms with Crippen LogP contribution in [0.15, 0.2) is 25.0 Å². The van der Waals surface area contributed by atoms with E-state index < -0.39 is 23.8 Å². The van der Waals surface area contributed by atoms with Crippen LogP contribution in [-0.4, -0.2) is 59.1 Å². The van der Waals surface area contributed by atoms with E-state index in [0.717, 1.165) is 0 Å². The van der Waals surface area contributed by atoms with Crippen LogP contribution in [0, 0.1) is 0 Å². The van der Waals surface area contributed by atoms with Crippen LogP contribution >= 0.6 is 0 Å². The van der Waals surface area contributed by atoms with Crippen molar-refractivity contribution < 1.29 is 29.7 Å². The van der Waals surface area contributed by atoms with Crippen LogP contribution in [0.1, 0.15) is 11.4 Å². The summed E-state index contributed by atoms with van der Waals surface area (Å²) in [5, 5.41) is 25.3. The van der Waals surface area contributed by atoms with E-state index in [2.05, 4.69) is 19.9 Å². The van der Waals surface area contributed by atoms with Gasteiger partial charge in [0.1, 0.15) is 0 Å². The molecule has 0 bridgehead atoms. The Bertz CT molecular complexity index is 608. The Balaban J connectivity index is 0.000000220. The second kappa shape index (κ2) is 8.32. The van der Waals surface area contributed by atoms with Crippen molar-refractivity contribution in [2.45, 2.75) is 18.9 Å². The van der Waals surface area contributed by atoms with Crippen LogP contribution in [-0.2, 0) is 27.2 Å². The number of ketones is 1. The van der Waals surface area contributed by atoms with Gasteiger partial charge in [0.25, 0.3) is 0 Å².